The number of rotatable bonds is 6. The van der Waals surface area contributed by atoms with Crippen LogP contribution in [0.3, 0.4) is 0 Å². The van der Waals surface area contributed by atoms with Gasteiger partial charge in [-0.2, -0.15) is 10.1 Å². The molecule has 27 heavy (non-hydrogen) atoms. The van der Waals surface area contributed by atoms with Gasteiger partial charge in [0.15, 0.2) is 11.5 Å². The van der Waals surface area contributed by atoms with Gasteiger partial charge in [0.2, 0.25) is 0 Å². The molecule has 0 fully saturated rings. The van der Waals surface area contributed by atoms with Crippen molar-refractivity contribution in [2.75, 3.05) is 18.2 Å². The Hall–Kier alpha value is -2.60. The molecule has 2 aromatic rings. The van der Waals surface area contributed by atoms with Crippen LogP contribution in [0, 0.1) is 0 Å². The van der Waals surface area contributed by atoms with Crippen LogP contribution < -0.4 is 14.5 Å². The lowest BCUT2D eigenvalue weighted by molar-refractivity contribution is -0.114. The smallest absolute Gasteiger partial charge is 0.280 e. The lowest BCUT2D eigenvalue weighted by Gasteiger charge is -2.14. The molecule has 0 aliphatic carbocycles. The van der Waals surface area contributed by atoms with Crippen LogP contribution in [0.15, 0.2) is 57.6 Å². The summed E-state index contributed by atoms with van der Waals surface area (Å²) < 4.78 is 12.2. The second kappa shape index (κ2) is 8.39. The van der Waals surface area contributed by atoms with Crippen molar-refractivity contribution in [1.82, 2.24) is 0 Å². The molecule has 1 aliphatic heterocycles. The van der Waals surface area contributed by atoms with Crippen molar-refractivity contribution >= 4 is 39.3 Å². The number of nitrogens with zero attached hydrogens (tertiary/aromatic N) is 2. The average molecular weight is 429 g/mol. The molecule has 6 heteroatoms. The average Bonchev–Trinajstić information content (AvgIpc) is 2.94. The zero-order valence-electron chi connectivity index (χ0n) is 15.5. The van der Waals surface area contributed by atoms with Gasteiger partial charge in [-0.1, -0.05) is 18.2 Å². The molecular formula is C21H21BrN2O3. The Labute approximate surface area is 167 Å². The molecule has 0 unspecified atom stereocenters. The maximum absolute atomic E-state index is 12.9. The number of para-hydroxylation sites is 1. The molecule has 0 bridgehead atoms. The predicted octanol–water partition coefficient (Wildman–Crippen LogP) is 5.05. The summed E-state index contributed by atoms with van der Waals surface area (Å²) in [5.41, 5.74) is 2.80. The van der Waals surface area contributed by atoms with E-state index in [-0.39, 0.29) is 5.91 Å². The van der Waals surface area contributed by atoms with Gasteiger partial charge in [0, 0.05) is 0 Å². The van der Waals surface area contributed by atoms with Gasteiger partial charge in [0.1, 0.15) is 0 Å². The summed E-state index contributed by atoms with van der Waals surface area (Å²) in [7, 11) is 0. The van der Waals surface area contributed by atoms with E-state index in [9.17, 15) is 4.79 Å². The van der Waals surface area contributed by atoms with Gasteiger partial charge in [0.25, 0.3) is 5.91 Å². The first-order valence-corrected chi connectivity index (χ1v) is 9.60. The minimum Gasteiger partial charge on any atom is -0.490 e. The molecular weight excluding hydrogens is 408 g/mol. The van der Waals surface area contributed by atoms with Crippen LogP contribution in [0.25, 0.3) is 6.08 Å². The molecule has 0 atom stereocenters. The quantitative estimate of drug-likeness (QED) is 0.604. The van der Waals surface area contributed by atoms with E-state index in [2.05, 4.69) is 21.0 Å². The normalized spacial score (nSPS) is 15.3. The number of hydrazone groups is 1. The Morgan fingerprint density at radius 1 is 1.11 bits per heavy atom. The molecule has 1 heterocycles. The van der Waals surface area contributed by atoms with E-state index >= 15 is 0 Å². The van der Waals surface area contributed by atoms with E-state index in [0.717, 1.165) is 15.7 Å². The van der Waals surface area contributed by atoms with E-state index in [1.54, 1.807) is 0 Å². The van der Waals surface area contributed by atoms with Gasteiger partial charge < -0.3 is 9.47 Å². The standard InChI is InChI=1S/C21H21BrN2O3/c1-4-26-19-13-15(12-18(22)20(19)27-5-2)11-17-14(3)23-24(21(17)25)16-9-7-6-8-10-16/h6-13H,4-5H2,1-3H3/b17-11+. The van der Waals surface area contributed by atoms with Crippen LogP contribution in [0.5, 0.6) is 11.5 Å². The number of hydrogen-bond donors (Lipinski definition) is 0. The van der Waals surface area contributed by atoms with Crippen LogP contribution in [-0.4, -0.2) is 24.8 Å². The molecule has 5 nitrogen and oxygen atoms in total. The van der Waals surface area contributed by atoms with Gasteiger partial charge in [-0.05, 0) is 72.6 Å². The van der Waals surface area contributed by atoms with Gasteiger partial charge in [-0.25, -0.2) is 0 Å². The molecule has 0 saturated heterocycles. The molecule has 0 spiro atoms. The van der Waals surface area contributed by atoms with Crippen LogP contribution in [0.2, 0.25) is 0 Å². The summed E-state index contributed by atoms with van der Waals surface area (Å²) in [5.74, 6) is 1.15. The zero-order valence-corrected chi connectivity index (χ0v) is 17.1. The molecule has 1 aliphatic rings. The second-order valence-electron chi connectivity index (χ2n) is 5.89. The Morgan fingerprint density at radius 3 is 2.48 bits per heavy atom. The fourth-order valence-corrected chi connectivity index (χ4v) is 3.39. The van der Waals surface area contributed by atoms with Crippen LogP contribution in [0.4, 0.5) is 5.69 Å². The summed E-state index contributed by atoms with van der Waals surface area (Å²) >= 11 is 3.54. The summed E-state index contributed by atoms with van der Waals surface area (Å²) in [4.78, 5) is 12.9. The number of hydrogen-bond acceptors (Lipinski definition) is 4. The second-order valence-corrected chi connectivity index (χ2v) is 6.75. The number of carbonyl (C=O) groups is 1. The lowest BCUT2D eigenvalue weighted by Crippen LogP contribution is -2.21. The van der Waals surface area contributed by atoms with E-state index < -0.39 is 0 Å². The van der Waals surface area contributed by atoms with E-state index in [1.807, 2.05) is 69.3 Å². The Kier molecular flexibility index (Phi) is 5.96. The number of amides is 1. The van der Waals surface area contributed by atoms with Crippen molar-refractivity contribution in [1.29, 1.82) is 0 Å². The molecule has 0 N–H and O–H groups in total. The maximum Gasteiger partial charge on any atom is 0.280 e. The topological polar surface area (TPSA) is 51.1 Å². The Morgan fingerprint density at radius 2 is 1.81 bits per heavy atom. The fourth-order valence-electron chi connectivity index (χ4n) is 2.81. The monoisotopic (exact) mass is 428 g/mol. The largest absolute Gasteiger partial charge is 0.490 e. The molecule has 0 saturated carbocycles. The van der Waals surface area contributed by atoms with E-state index in [0.29, 0.717) is 36.0 Å². The summed E-state index contributed by atoms with van der Waals surface area (Å²) in [6.45, 7) is 6.74. The van der Waals surface area contributed by atoms with Gasteiger partial charge >= 0.3 is 0 Å². The van der Waals surface area contributed by atoms with Crippen LogP contribution in [0.1, 0.15) is 26.3 Å². The first-order chi connectivity index (χ1) is 13.0. The van der Waals surface area contributed by atoms with Crippen molar-refractivity contribution in [3.63, 3.8) is 0 Å². The molecule has 0 aromatic heterocycles. The molecule has 2 aromatic carbocycles. The van der Waals surface area contributed by atoms with Crippen molar-refractivity contribution < 1.29 is 14.3 Å². The summed E-state index contributed by atoms with van der Waals surface area (Å²) in [6, 6.07) is 13.2. The third kappa shape index (κ3) is 4.06. The zero-order chi connectivity index (χ0) is 19.4. The highest BCUT2D eigenvalue weighted by atomic mass is 79.9. The van der Waals surface area contributed by atoms with Gasteiger partial charge in [-0.15, -0.1) is 0 Å². The van der Waals surface area contributed by atoms with Gasteiger partial charge in [0.05, 0.1) is 34.7 Å². The van der Waals surface area contributed by atoms with Crippen LogP contribution >= 0.6 is 15.9 Å². The number of anilines is 1. The third-order valence-electron chi connectivity index (χ3n) is 3.99. The van der Waals surface area contributed by atoms with Crippen molar-refractivity contribution in [3.8, 4) is 11.5 Å². The summed E-state index contributed by atoms with van der Waals surface area (Å²) in [6.07, 6.45) is 1.83. The van der Waals surface area contributed by atoms with E-state index in [1.165, 1.54) is 5.01 Å². The van der Waals surface area contributed by atoms with Crippen LogP contribution in [-0.2, 0) is 4.79 Å². The van der Waals surface area contributed by atoms with E-state index in [4.69, 9.17) is 9.47 Å². The lowest BCUT2D eigenvalue weighted by atomic mass is 10.1. The molecule has 140 valence electrons. The summed E-state index contributed by atoms with van der Waals surface area (Å²) in [5, 5.41) is 5.83. The first-order valence-electron chi connectivity index (χ1n) is 8.81. The number of carbonyl (C=O) groups excluding carboxylic acids is 1. The highest BCUT2D eigenvalue weighted by Crippen LogP contribution is 2.38. The third-order valence-corrected chi connectivity index (χ3v) is 4.58. The number of halogens is 1. The molecule has 3 rings (SSSR count). The minimum atomic E-state index is -0.151. The highest BCUT2D eigenvalue weighted by Gasteiger charge is 2.28. The predicted molar refractivity (Wildman–Crippen MR) is 111 cm³/mol. The Balaban J connectivity index is 1.97. The highest BCUT2D eigenvalue weighted by molar-refractivity contribution is 9.10. The number of ether oxygens (including phenoxy) is 2. The maximum atomic E-state index is 12.9. The first kappa shape index (κ1) is 19.2. The minimum absolute atomic E-state index is 0.151. The van der Waals surface area contributed by atoms with Gasteiger partial charge in [-0.3, -0.25) is 4.79 Å². The SMILES string of the molecule is CCOc1cc(/C=C2/C(=O)N(c3ccccc3)N=C2C)cc(Br)c1OCC. The molecule has 0 radical (unpaired) electrons. The molecule has 1 amide bonds. The van der Waals surface area contributed by atoms with Crippen molar-refractivity contribution in [2.24, 2.45) is 5.10 Å². The van der Waals surface area contributed by atoms with Crippen molar-refractivity contribution in [3.05, 3.63) is 58.1 Å². The fraction of sp³-hybridized carbons (Fsp3) is 0.238. The number of benzene rings is 2. The van der Waals surface area contributed by atoms with Crippen molar-refractivity contribution in [2.45, 2.75) is 20.8 Å². The Bertz CT molecular complexity index is 907.